The van der Waals surface area contributed by atoms with E-state index in [1.807, 2.05) is 36.4 Å². The Hall–Kier alpha value is -2.84. The van der Waals surface area contributed by atoms with Gasteiger partial charge >= 0.3 is 0 Å². The quantitative estimate of drug-likeness (QED) is 0.597. The summed E-state index contributed by atoms with van der Waals surface area (Å²) in [6, 6.07) is 11.4. The van der Waals surface area contributed by atoms with Gasteiger partial charge in [-0.3, -0.25) is 9.69 Å². The van der Waals surface area contributed by atoms with Crippen molar-refractivity contribution in [1.29, 1.82) is 0 Å². The molecule has 1 amide bonds. The summed E-state index contributed by atoms with van der Waals surface area (Å²) in [4.78, 5) is 19.8. The second-order valence-electron chi connectivity index (χ2n) is 7.33. The van der Waals surface area contributed by atoms with Crippen molar-refractivity contribution in [3.05, 3.63) is 42.0 Å². The number of methoxy groups -OCH3 is 1. The van der Waals surface area contributed by atoms with Crippen molar-refractivity contribution in [3.63, 3.8) is 0 Å². The summed E-state index contributed by atoms with van der Waals surface area (Å²) < 4.78 is 22.9. The standard InChI is InChI=1S/C22H22N2O5S/c1-26-15-5-7-20-17(11-15)23-22(30-20)24(12-16-3-2-8-27-16)21(25)10-14-4-6-18-19(9-14)29-13-28-18/h4-7,9,11,16H,2-3,8,10,12-13H2,1H3. The highest BCUT2D eigenvalue weighted by molar-refractivity contribution is 7.22. The molecule has 0 saturated carbocycles. The summed E-state index contributed by atoms with van der Waals surface area (Å²) in [5.74, 6) is 2.12. The maximum absolute atomic E-state index is 13.3. The van der Waals surface area contributed by atoms with E-state index in [4.69, 9.17) is 23.9 Å². The molecule has 5 rings (SSSR count). The fourth-order valence-corrected chi connectivity index (χ4v) is 4.71. The first kappa shape index (κ1) is 19.1. The fourth-order valence-electron chi connectivity index (χ4n) is 3.74. The van der Waals surface area contributed by atoms with Gasteiger partial charge in [0, 0.05) is 12.7 Å². The number of nitrogens with zero attached hydrogens (tertiary/aromatic N) is 2. The van der Waals surface area contributed by atoms with Crippen LogP contribution in [0.4, 0.5) is 5.13 Å². The van der Waals surface area contributed by atoms with E-state index >= 15 is 0 Å². The van der Waals surface area contributed by atoms with E-state index in [0.29, 0.717) is 23.2 Å². The molecule has 2 aromatic carbocycles. The minimum Gasteiger partial charge on any atom is -0.497 e. The molecule has 0 N–H and O–H groups in total. The van der Waals surface area contributed by atoms with Gasteiger partial charge in [-0.1, -0.05) is 17.4 Å². The molecule has 1 aromatic heterocycles. The third kappa shape index (κ3) is 3.80. The Bertz CT molecular complexity index is 1080. The van der Waals surface area contributed by atoms with Crippen molar-refractivity contribution in [1.82, 2.24) is 4.98 Å². The lowest BCUT2D eigenvalue weighted by atomic mass is 10.1. The molecular weight excluding hydrogens is 404 g/mol. The highest BCUT2D eigenvalue weighted by atomic mass is 32.1. The number of ether oxygens (including phenoxy) is 4. The van der Waals surface area contributed by atoms with Gasteiger partial charge in [0.25, 0.3) is 0 Å². The third-order valence-electron chi connectivity index (χ3n) is 5.32. The molecular formula is C22H22N2O5S. The van der Waals surface area contributed by atoms with Crippen molar-refractivity contribution in [3.8, 4) is 17.2 Å². The number of amides is 1. The molecule has 1 atom stereocenters. The number of aromatic nitrogens is 1. The largest absolute Gasteiger partial charge is 0.497 e. The molecule has 2 aliphatic heterocycles. The lowest BCUT2D eigenvalue weighted by molar-refractivity contribution is -0.118. The first-order valence-corrected chi connectivity index (χ1v) is 10.8. The van der Waals surface area contributed by atoms with E-state index < -0.39 is 0 Å². The van der Waals surface area contributed by atoms with E-state index in [2.05, 4.69) is 0 Å². The number of rotatable bonds is 6. The van der Waals surface area contributed by atoms with Crippen molar-refractivity contribution in [2.24, 2.45) is 0 Å². The Kier molecular flexibility index (Phi) is 5.18. The second kappa shape index (κ2) is 8.12. The van der Waals surface area contributed by atoms with Crippen LogP contribution in [0.15, 0.2) is 36.4 Å². The molecule has 1 saturated heterocycles. The molecule has 3 aromatic rings. The molecule has 7 nitrogen and oxygen atoms in total. The zero-order valence-electron chi connectivity index (χ0n) is 16.6. The van der Waals surface area contributed by atoms with E-state index in [1.54, 1.807) is 12.0 Å². The van der Waals surface area contributed by atoms with Crippen molar-refractivity contribution >= 4 is 32.6 Å². The summed E-state index contributed by atoms with van der Waals surface area (Å²) in [7, 11) is 1.63. The van der Waals surface area contributed by atoms with E-state index in [1.165, 1.54) is 11.3 Å². The van der Waals surface area contributed by atoms with Gasteiger partial charge in [-0.15, -0.1) is 0 Å². The normalized spacial score (nSPS) is 17.4. The van der Waals surface area contributed by atoms with Gasteiger partial charge < -0.3 is 18.9 Å². The number of hydrogen-bond acceptors (Lipinski definition) is 7. The minimum absolute atomic E-state index is 0.0182. The molecule has 30 heavy (non-hydrogen) atoms. The average molecular weight is 426 g/mol. The zero-order chi connectivity index (χ0) is 20.5. The molecule has 1 unspecified atom stereocenters. The molecule has 0 aliphatic carbocycles. The van der Waals surface area contributed by atoms with Gasteiger partial charge in [-0.2, -0.15) is 0 Å². The predicted molar refractivity (Wildman–Crippen MR) is 114 cm³/mol. The molecule has 0 spiro atoms. The van der Waals surface area contributed by atoms with Crippen LogP contribution in [0, 0.1) is 0 Å². The van der Waals surface area contributed by atoms with Crippen LogP contribution in [0.1, 0.15) is 18.4 Å². The molecule has 2 aliphatic rings. The van der Waals surface area contributed by atoms with Crippen LogP contribution < -0.4 is 19.1 Å². The fraction of sp³-hybridized carbons (Fsp3) is 0.364. The lowest BCUT2D eigenvalue weighted by Gasteiger charge is -2.23. The molecule has 1 fully saturated rings. The van der Waals surface area contributed by atoms with Crippen LogP contribution in [0.3, 0.4) is 0 Å². The highest BCUT2D eigenvalue weighted by Gasteiger charge is 2.27. The topological polar surface area (TPSA) is 70.1 Å². The number of anilines is 1. The minimum atomic E-state index is -0.0182. The maximum atomic E-state index is 13.3. The number of benzene rings is 2. The molecule has 0 radical (unpaired) electrons. The van der Waals surface area contributed by atoms with E-state index in [-0.39, 0.29) is 25.2 Å². The van der Waals surface area contributed by atoms with Crippen LogP contribution in [0.5, 0.6) is 17.2 Å². The molecule has 156 valence electrons. The Morgan fingerprint density at radius 2 is 2.13 bits per heavy atom. The van der Waals surface area contributed by atoms with E-state index in [0.717, 1.165) is 41.0 Å². The number of carbonyl (C=O) groups is 1. The number of carbonyl (C=O) groups excluding carboxylic acids is 1. The van der Waals surface area contributed by atoms with Gasteiger partial charge in [0.1, 0.15) is 5.75 Å². The zero-order valence-corrected chi connectivity index (χ0v) is 17.4. The maximum Gasteiger partial charge on any atom is 0.233 e. The number of fused-ring (bicyclic) bond motifs is 2. The Balaban J connectivity index is 1.43. The second-order valence-corrected chi connectivity index (χ2v) is 8.34. The van der Waals surface area contributed by atoms with Gasteiger partial charge in [0.05, 0.1) is 36.4 Å². The third-order valence-corrected chi connectivity index (χ3v) is 6.38. The summed E-state index contributed by atoms with van der Waals surface area (Å²) >= 11 is 1.51. The van der Waals surface area contributed by atoms with E-state index in [9.17, 15) is 4.79 Å². The predicted octanol–water partition coefficient (Wildman–Crippen LogP) is 3.79. The van der Waals surface area contributed by atoms with Gasteiger partial charge in [-0.05, 0) is 42.7 Å². The molecule has 0 bridgehead atoms. The van der Waals surface area contributed by atoms with Crippen molar-refractivity contribution in [2.45, 2.75) is 25.4 Å². The summed E-state index contributed by atoms with van der Waals surface area (Å²) in [5, 5.41) is 0.680. The first-order valence-electron chi connectivity index (χ1n) is 9.95. The monoisotopic (exact) mass is 426 g/mol. The smallest absolute Gasteiger partial charge is 0.233 e. The summed E-state index contributed by atoms with van der Waals surface area (Å²) in [6.45, 7) is 1.46. The van der Waals surface area contributed by atoms with Crippen LogP contribution in [-0.2, 0) is 16.0 Å². The Morgan fingerprint density at radius 1 is 1.23 bits per heavy atom. The van der Waals surface area contributed by atoms with Gasteiger partial charge in [-0.25, -0.2) is 4.98 Å². The SMILES string of the molecule is COc1ccc2sc(N(CC3CCCO3)C(=O)Cc3ccc4c(c3)OCO4)nc2c1. The van der Waals surface area contributed by atoms with Crippen LogP contribution in [0.2, 0.25) is 0 Å². The number of thiazole rings is 1. The van der Waals surface area contributed by atoms with Gasteiger partial charge in [0.15, 0.2) is 16.6 Å². The molecule has 3 heterocycles. The average Bonchev–Trinajstić information content (AvgIpc) is 3.51. The Morgan fingerprint density at radius 3 is 2.97 bits per heavy atom. The van der Waals surface area contributed by atoms with Crippen LogP contribution in [0.25, 0.3) is 10.2 Å². The molecule has 8 heteroatoms. The van der Waals surface area contributed by atoms with Crippen molar-refractivity contribution in [2.75, 3.05) is 32.0 Å². The van der Waals surface area contributed by atoms with Gasteiger partial charge in [0.2, 0.25) is 12.7 Å². The van der Waals surface area contributed by atoms with Crippen LogP contribution in [-0.4, -0.2) is 44.0 Å². The lowest BCUT2D eigenvalue weighted by Crippen LogP contribution is -2.38. The van der Waals surface area contributed by atoms with Crippen molar-refractivity contribution < 1.29 is 23.7 Å². The van der Waals surface area contributed by atoms with Crippen LogP contribution >= 0.6 is 11.3 Å². The summed E-state index contributed by atoms with van der Waals surface area (Å²) in [6.07, 6.45) is 2.26. The Labute approximate surface area is 178 Å². The highest BCUT2D eigenvalue weighted by Crippen LogP contribution is 2.34. The first-order chi connectivity index (χ1) is 14.7. The number of hydrogen-bond donors (Lipinski definition) is 0. The summed E-state index contributed by atoms with van der Waals surface area (Å²) in [5.41, 5.74) is 1.70.